The predicted octanol–water partition coefficient (Wildman–Crippen LogP) is 0.847. The number of imide groups is 1. The van der Waals surface area contributed by atoms with E-state index < -0.39 is 0 Å². The zero-order valence-corrected chi connectivity index (χ0v) is 12.9. The number of rotatable bonds is 5. The van der Waals surface area contributed by atoms with Gasteiger partial charge in [-0.3, -0.25) is 19.3 Å². The Balaban J connectivity index is 1.45. The van der Waals surface area contributed by atoms with E-state index in [1.807, 2.05) is 0 Å². The van der Waals surface area contributed by atoms with Crippen LogP contribution in [0.3, 0.4) is 0 Å². The van der Waals surface area contributed by atoms with Crippen molar-refractivity contribution in [1.82, 2.24) is 10.2 Å². The smallest absolute Gasteiger partial charge is 0.233 e. The summed E-state index contributed by atoms with van der Waals surface area (Å²) in [4.78, 5) is 37.7. The average molecular weight is 308 g/mol. The molecular formula is C16H24N2O4. The van der Waals surface area contributed by atoms with E-state index in [2.05, 4.69) is 5.32 Å². The number of carbonyl (C=O) groups is 3. The number of nitrogens with zero attached hydrogens (tertiary/aromatic N) is 1. The van der Waals surface area contributed by atoms with Gasteiger partial charge < -0.3 is 10.1 Å². The van der Waals surface area contributed by atoms with Gasteiger partial charge in [0.15, 0.2) is 0 Å². The first-order valence-electron chi connectivity index (χ1n) is 8.40. The summed E-state index contributed by atoms with van der Waals surface area (Å²) < 4.78 is 5.45. The highest BCUT2D eigenvalue weighted by molar-refractivity contribution is 6.05. The molecule has 1 N–H and O–H groups in total. The van der Waals surface area contributed by atoms with Gasteiger partial charge in [0.2, 0.25) is 17.7 Å². The summed E-state index contributed by atoms with van der Waals surface area (Å²) >= 11 is 0. The number of nitrogens with one attached hydrogen (secondary N) is 1. The van der Waals surface area contributed by atoms with Crippen molar-refractivity contribution in [2.45, 2.75) is 51.0 Å². The van der Waals surface area contributed by atoms with Gasteiger partial charge in [-0.15, -0.1) is 0 Å². The van der Waals surface area contributed by atoms with Gasteiger partial charge >= 0.3 is 0 Å². The van der Waals surface area contributed by atoms with Crippen molar-refractivity contribution in [2.24, 2.45) is 11.8 Å². The number of ether oxygens (including phenoxy) is 1. The van der Waals surface area contributed by atoms with Crippen molar-refractivity contribution >= 4 is 17.7 Å². The molecule has 0 aromatic carbocycles. The van der Waals surface area contributed by atoms with E-state index in [0.717, 1.165) is 45.1 Å². The van der Waals surface area contributed by atoms with Gasteiger partial charge in [-0.2, -0.15) is 0 Å². The Morgan fingerprint density at radius 2 is 1.77 bits per heavy atom. The van der Waals surface area contributed by atoms with Crippen LogP contribution in [-0.2, 0) is 19.1 Å². The molecule has 2 saturated heterocycles. The lowest BCUT2D eigenvalue weighted by atomic mass is 9.81. The van der Waals surface area contributed by atoms with E-state index >= 15 is 0 Å². The lowest BCUT2D eigenvalue weighted by Crippen LogP contribution is -2.37. The Kier molecular flexibility index (Phi) is 4.76. The highest BCUT2D eigenvalue weighted by atomic mass is 16.5. The standard InChI is InChI=1S/C16H24N2O4/c19-14(17-10-11-4-3-9-22-11)7-8-18-15(20)12-5-1-2-6-13(12)16(18)21/h11-13H,1-10H2,(H,17,19). The normalized spacial score (nSPS) is 31.5. The molecule has 3 aliphatic rings. The van der Waals surface area contributed by atoms with Crippen molar-refractivity contribution in [2.75, 3.05) is 19.7 Å². The van der Waals surface area contributed by atoms with Crippen LogP contribution >= 0.6 is 0 Å². The molecule has 6 nitrogen and oxygen atoms in total. The summed E-state index contributed by atoms with van der Waals surface area (Å²) in [5, 5.41) is 2.83. The third-order valence-electron chi connectivity index (χ3n) is 5.05. The minimum atomic E-state index is -0.129. The Bertz CT molecular complexity index is 435. The van der Waals surface area contributed by atoms with E-state index in [0.29, 0.717) is 6.54 Å². The molecule has 3 unspecified atom stereocenters. The van der Waals surface area contributed by atoms with Crippen LogP contribution in [0.5, 0.6) is 0 Å². The van der Waals surface area contributed by atoms with Crippen molar-refractivity contribution < 1.29 is 19.1 Å². The summed E-state index contributed by atoms with van der Waals surface area (Å²) in [5.74, 6) is -0.512. The second kappa shape index (κ2) is 6.77. The molecule has 2 heterocycles. The second-order valence-corrected chi connectivity index (χ2v) is 6.51. The number of likely N-dealkylation sites (tertiary alicyclic amines) is 1. The van der Waals surface area contributed by atoms with Crippen LogP contribution in [0.15, 0.2) is 0 Å². The van der Waals surface area contributed by atoms with E-state index in [-0.39, 0.29) is 48.6 Å². The maximum atomic E-state index is 12.3. The molecule has 22 heavy (non-hydrogen) atoms. The van der Waals surface area contributed by atoms with Crippen LogP contribution in [0.4, 0.5) is 0 Å². The van der Waals surface area contributed by atoms with Crippen molar-refractivity contribution in [3.63, 3.8) is 0 Å². The zero-order valence-electron chi connectivity index (χ0n) is 12.9. The van der Waals surface area contributed by atoms with Crippen LogP contribution < -0.4 is 5.32 Å². The van der Waals surface area contributed by atoms with Gasteiger partial charge in [0.1, 0.15) is 0 Å². The molecule has 3 rings (SSSR count). The fraction of sp³-hybridized carbons (Fsp3) is 0.812. The van der Waals surface area contributed by atoms with E-state index in [9.17, 15) is 14.4 Å². The van der Waals surface area contributed by atoms with Gasteiger partial charge in [-0.25, -0.2) is 0 Å². The Morgan fingerprint density at radius 1 is 1.09 bits per heavy atom. The molecule has 1 aliphatic carbocycles. The monoisotopic (exact) mass is 308 g/mol. The number of hydrogen-bond donors (Lipinski definition) is 1. The quantitative estimate of drug-likeness (QED) is 0.764. The summed E-state index contributed by atoms with van der Waals surface area (Å²) in [6.45, 7) is 1.49. The van der Waals surface area contributed by atoms with Crippen molar-refractivity contribution in [1.29, 1.82) is 0 Å². The molecule has 0 bridgehead atoms. The molecule has 0 aromatic rings. The summed E-state index contributed by atoms with van der Waals surface area (Å²) in [7, 11) is 0. The molecule has 0 spiro atoms. The maximum absolute atomic E-state index is 12.3. The Hall–Kier alpha value is -1.43. The number of fused-ring (bicyclic) bond motifs is 1. The maximum Gasteiger partial charge on any atom is 0.233 e. The number of carbonyl (C=O) groups excluding carboxylic acids is 3. The second-order valence-electron chi connectivity index (χ2n) is 6.51. The van der Waals surface area contributed by atoms with E-state index in [1.54, 1.807) is 0 Å². The Labute approximate surface area is 130 Å². The molecule has 1 saturated carbocycles. The average Bonchev–Trinajstić information content (AvgIpc) is 3.13. The summed E-state index contributed by atoms with van der Waals surface area (Å²) in [5.41, 5.74) is 0. The molecular weight excluding hydrogens is 284 g/mol. The van der Waals surface area contributed by atoms with Crippen LogP contribution in [0.1, 0.15) is 44.9 Å². The topological polar surface area (TPSA) is 75.7 Å². The first-order valence-corrected chi connectivity index (χ1v) is 8.40. The molecule has 6 heteroatoms. The lowest BCUT2D eigenvalue weighted by Gasteiger charge is -2.19. The molecule has 3 fully saturated rings. The van der Waals surface area contributed by atoms with Gasteiger partial charge in [0, 0.05) is 26.1 Å². The highest BCUT2D eigenvalue weighted by Crippen LogP contribution is 2.37. The third-order valence-corrected chi connectivity index (χ3v) is 5.05. The molecule has 0 radical (unpaired) electrons. The third kappa shape index (κ3) is 3.16. The molecule has 2 aliphatic heterocycles. The molecule has 122 valence electrons. The fourth-order valence-corrected chi connectivity index (χ4v) is 3.79. The van der Waals surface area contributed by atoms with E-state index in [1.165, 1.54) is 4.90 Å². The van der Waals surface area contributed by atoms with Gasteiger partial charge in [0.25, 0.3) is 0 Å². The van der Waals surface area contributed by atoms with Crippen LogP contribution in [0.25, 0.3) is 0 Å². The van der Waals surface area contributed by atoms with Gasteiger partial charge in [-0.1, -0.05) is 12.8 Å². The van der Waals surface area contributed by atoms with Crippen LogP contribution in [-0.4, -0.2) is 48.4 Å². The van der Waals surface area contributed by atoms with Crippen LogP contribution in [0, 0.1) is 11.8 Å². The summed E-state index contributed by atoms with van der Waals surface area (Å²) in [6, 6.07) is 0. The number of amides is 3. The lowest BCUT2D eigenvalue weighted by molar-refractivity contribution is -0.140. The Morgan fingerprint density at radius 3 is 2.36 bits per heavy atom. The predicted molar refractivity (Wildman–Crippen MR) is 78.8 cm³/mol. The summed E-state index contributed by atoms with van der Waals surface area (Å²) in [6.07, 6.45) is 6.00. The fourth-order valence-electron chi connectivity index (χ4n) is 3.79. The first-order chi connectivity index (χ1) is 10.7. The molecule has 3 amide bonds. The SMILES string of the molecule is O=C(CCN1C(=O)C2CCCCC2C1=O)NCC1CCCO1. The largest absolute Gasteiger partial charge is 0.376 e. The van der Waals surface area contributed by atoms with E-state index in [4.69, 9.17) is 4.74 Å². The highest BCUT2D eigenvalue weighted by Gasteiger charge is 2.47. The van der Waals surface area contributed by atoms with Gasteiger partial charge in [-0.05, 0) is 25.7 Å². The number of hydrogen-bond acceptors (Lipinski definition) is 4. The minimum absolute atomic E-state index is 0.0679. The minimum Gasteiger partial charge on any atom is -0.376 e. The van der Waals surface area contributed by atoms with Gasteiger partial charge in [0.05, 0.1) is 17.9 Å². The first kappa shape index (κ1) is 15.5. The zero-order chi connectivity index (χ0) is 15.5. The molecule has 3 atom stereocenters. The van der Waals surface area contributed by atoms with Crippen molar-refractivity contribution in [3.05, 3.63) is 0 Å². The van der Waals surface area contributed by atoms with Crippen LogP contribution in [0.2, 0.25) is 0 Å². The van der Waals surface area contributed by atoms with Crippen molar-refractivity contribution in [3.8, 4) is 0 Å². The molecule has 0 aromatic heterocycles.